The van der Waals surface area contributed by atoms with Crippen molar-refractivity contribution in [2.45, 2.75) is 6.54 Å². The summed E-state index contributed by atoms with van der Waals surface area (Å²) in [5.74, 6) is -0.665. The molecule has 0 atom stereocenters. The van der Waals surface area contributed by atoms with E-state index < -0.39 is 0 Å². The number of carbonyl (C=O) groups is 1. The van der Waals surface area contributed by atoms with Gasteiger partial charge in [-0.2, -0.15) is 0 Å². The van der Waals surface area contributed by atoms with Gasteiger partial charge in [0.05, 0.1) is 5.56 Å². The maximum absolute atomic E-state index is 12.8. The average molecular weight is 296 g/mol. The van der Waals surface area contributed by atoms with Gasteiger partial charge in [0.2, 0.25) is 5.56 Å². The first-order valence-corrected chi connectivity index (χ1v) is 6.78. The number of nitrogens with one attached hydrogen (secondary N) is 2. The van der Waals surface area contributed by atoms with Crippen molar-refractivity contribution >= 4 is 16.8 Å². The van der Waals surface area contributed by atoms with Gasteiger partial charge in [0, 0.05) is 23.5 Å². The van der Waals surface area contributed by atoms with Gasteiger partial charge in [-0.1, -0.05) is 30.3 Å². The Bertz CT molecular complexity index is 885. The van der Waals surface area contributed by atoms with Gasteiger partial charge in [-0.05, 0) is 23.8 Å². The summed E-state index contributed by atoms with van der Waals surface area (Å²) >= 11 is 0. The highest BCUT2D eigenvalue weighted by Gasteiger charge is 2.11. The first-order chi connectivity index (χ1) is 10.6. The second kappa shape index (κ2) is 5.81. The summed E-state index contributed by atoms with van der Waals surface area (Å²) in [6.45, 7) is 0.264. The van der Waals surface area contributed by atoms with E-state index in [1.165, 1.54) is 18.2 Å². The minimum atomic E-state index is -0.341. The van der Waals surface area contributed by atoms with Gasteiger partial charge in [0.1, 0.15) is 5.82 Å². The number of rotatable bonds is 3. The molecule has 4 nitrogen and oxygen atoms in total. The molecule has 110 valence electrons. The summed E-state index contributed by atoms with van der Waals surface area (Å²) in [7, 11) is 0. The topological polar surface area (TPSA) is 62.0 Å². The highest BCUT2D eigenvalue weighted by atomic mass is 19.1. The molecular weight excluding hydrogens is 283 g/mol. The van der Waals surface area contributed by atoms with Crippen LogP contribution in [0.1, 0.15) is 15.9 Å². The largest absolute Gasteiger partial charge is 0.348 e. The molecule has 0 radical (unpaired) electrons. The Morgan fingerprint density at radius 1 is 1.09 bits per heavy atom. The van der Waals surface area contributed by atoms with Crippen molar-refractivity contribution in [3.05, 3.63) is 81.9 Å². The number of hydrogen-bond acceptors (Lipinski definition) is 2. The number of para-hydroxylation sites is 1. The molecule has 2 N–H and O–H groups in total. The fourth-order valence-electron chi connectivity index (χ4n) is 2.27. The maximum Gasteiger partial charge on any atom is 0.252 e. The lowest BCUT2D eigenvalue weighted by Gasteiger charge is -2.08. The minimum Gasteiger partial charge on any atom is -0.348 e. The number of fused-ring (bicyclic) bond motifs is 1. The van der Waals surface area contributed by atoms with Crippen molar-refractivity contribution < 1.29 is 9.18 Å². The van der Waals surface area contributed by atoms with E-state index in [9.17, 15) is 14.0 Å². The van der Waals surface area contributed by atoms with Gasteiger partial charge in [-0.25, -0.2) is 4.39 Å². The standard InChI is InChI=1S/C17H13FN2O2/c18-12-7-5-11(6-8-12)10-19-17(22)14-9-16(21)20-15-4-2-1-3-13(14)15/h1-9H,10H2,(H,19,22)(H,20,21). The maximum atomic E-state index is 12.8. The third kappa shape index (κ3) is 2.88. The summed E-state index contributed by atoms with van der Waals surface area (Å²) in [6.07, 6.45) is 0. The fourth-order valence-corrected chi connectivity index (χ4v) is 2.27. The average Bonchev–Trinajstić information content (AvgIpc) is 2.53. The molecule has 0 unspecified atom stereocenters. The van der Waals surface area contributed by atoms with E-state index in [1.54, 1.807) is 36.4 Å². The molecule has 0 fully saturated rings. The van der Waals surface area contributed by atoms with E-state index >= 15 is 0 Å². The Balaban J connectivity index is 1.86. The van der Waals surface area contributed by atoms with Crippen LogP contribution in [0.5, 0.6) is 0 Å². The van der Waals surface area contributed by atoms with Crippen LogP contribution in [0, 0.1) is 5.82 Å². The lowest BCUT2D eigenvalue weighted by Crippen LogP contribution is -2.24. The number of pyridine rings is 1. The van der Waals surface area contributed by atoms with Crippen LogP contribution in [-0.2, 0) is 6.54 Å². The molecule has 1 aromatic heterocycles. The number of aromatic amines is 1. The molecule has 22 heavy (non-hydrogen) atoms. The Hall–Kier alpha value is -2.95. The first-order valence-electron chi connectivity index (χ1n) is 6.78. The summed E-state index contributed by atoms with van der Waals surface area (Å²) < 4.78 is 12.8. The highest BCUT2D eigenvalue weighted by Crippen LogP contribution is 2.14. The highest BCUT2D eigenvalue weighted by molar-refractivity contribution is 6.05. The number of carbonyl (C=O) groups excluding carboxylic acids is 1. The van der Waals surface area contributed by atoms with Gasteiger partial charge < -0.3 is 10.3 Å². The molecule has 0 saturated carbocycles. The number of aromatic nitrogens is 1. The number of H-pyrrole nitrogens is 1. The Morgan fingerprint density at radius 2 is 1.82 bits per heavy atom. The van der Waals surface area contributed by atoms with Crippen LogP contribution in [-0.4, -0.2) is 10.9 Å². The van der Waals surface area contributed by atoms with Crippen molar-refractivity contribution in [3.8, 4) is 0 Å². The smallest absolute Gasteiger partial charge is 0.252 e. The van der Waals surface area contributed by atoms with Crippen molar-refractivity contribution in [2.75, 3.05) is 0 Å². The van der Waals surface area contributed by atoms with E-state index in [0.717, 1.165) is 5.56 Å². The van der Waals surface area contributed by atoms with Crippen LogP contribution in [0.3, 0.4) is 0 Å². The van der Waals surface area contributed by atoms with Gasteiger partial charge in [-0.3, -0.25) is 9.59 Å². The van der Waals surface area contributed by atoms with E-state index in [0.29, 0.717) is 16.5 Å². The van der Waals surface area contributed by atoms with Crippen molar-refractivity contribution in [2.24, 2.45) is 0 Å². The first kappa shape index (κ1) is 14.0. The lowest BCUT2D eigenvalue weighted by molar-refractivity contribution is 0.0952. The molecular formula is C17H13FN2O2. The number of halogens is 1. The van der Waals surface area contributed by atoms with E-state index in [2.05, 4.69) is 10.3 Å². The molecule has 1 heterocycles. The van der Waals surface area contributed by atoms with Crippen molar-refractivity contribution in [3.63, 3.8) is 0 Å². The normalized spacial score (nSPS) is 10.6. The number of benzene rings is 2. The van der Waals surface area contributed by atoms with Crippen LogP contribution in [0.2, 0.25) is 0 Å². The molecule has 0 bridgehead atoms. The van der Waals surface area contributed by atoms with Gasteiger partial charge in [-0.15, -0.1) is 0 Å². The van der Waals surface area contributed by atoms with E-state index in [1.807, 2.05) is 0 Å². The zero-order valence-corrected chi connectivity index (χ0v) is 11.6. The number of hydrogen-bond donors (Lipinski definition) is 2. The molecule has 0 aliphatic carbocycles. The summed E-state index contributed by atoms with van der Waals surface area (Å²) in [6, 6.07) is 14.3. The number of amides is 1. The summed E-state index contributed by atoms with van der Waals surface area (Å²) in [5, 5.41) is 3.42. The van der Waals surface area contributed by atoms with Crippen LogP contribution in [0.15, 0.2) is 59.4 Å². The predicted molar refractivity (Wildman–Crippen MR) is 82.1 cm³/mol. The third-order valence-corrected chi connectivity index (χ3v) is 3.36. The van der Waals surface area contributed by atoms with Crippen molar-refractivity contribution in [1.82, 2.24) is 10.3 Å². The fraction of sp³-hybridized carbons (Fsp3) is 0.0588. The van der Waals surface area contributed by atoms with Crippen LogP contribution >= 0.6 is 0 Å². The van der Waals surface area contributed by atoms with Gasteiger partial charge in [0.25, 0.3) is 5.91 Å². The molecule has 5 heteroatoms. The molecule has 3 aromatic rings. The molecule has 0 aliphatic heterocycles. The third-order valence-electron chi connectivity index (χ3n) is 3.36. The van der Waals surface area contributed by atoms with Gasteiger partial charge in [0.15, 0.2) is 0 Å². The lowest BCUT2D eigenvalue weighted by atomic mass is 10.1. The monoisotopic (exact) mass is 296 g/mol. The van der Waals surface area contributed by atoms with Crippen molar-refractivity contribution in [1.29, 1.82) is 0 Å². The van der Waals surface area contributed by atoms with E-state index in [-0.39, 0.29) is 23.8 Å². The quantitative estimate of drug-likeness (QED) is 0.780. The molecule has 0 spiro atoms. The predicted octanol–water partition coefficient (Wildman–Crippen LogP) is 2.60. The second-order valence-corrected chi connectivity index (χ2v) is 4.90. The molecule has 2 aromatic carbocycles. The second-order valence-electron chi connectivity index (χ2n) is 4.90. The van der Waals surface area contributed by atoms with Crippen LogP contribution in [0.4, 0.5) is 4.39 Å². The Kier molecular flexibility index (Phi) is 3.70. The SMILES string of the molecule is O=C(NCc1ccc(F)cc1)c1cc(=O)[nH]c2ccccc12. The van der Waals surface area contributed by atoms with Gasteiger partial charge >= 0.3 is 0 Å². The minimum absolute atomic E-state index is 0.264. The zero-order chi connectivity index (χ0) is 15.5. The summed E-state index contributed by atoms with van der Waals surface area (Å²) in [4.78, 5) is 26.6. The molecule has 0 aliphatic rings. The van der Waals surface area contributed by atoms with Crippen LogP contribution in [0.25, 0.3) is 10.9 Å². The zero-order valence-electron chi connectivity index (χ0n) is 11.6. The Labute approximate surface area is 125 Å². The molecule has 0 saturated heterocycles. The summed E-state index contributed by atoms with van der Waals surface area (Å²) in [5.41, 5.74) is 1.39. The van der Waals surface area contributed by atoms with Crippen LogP contribution < -0.4 is 10.9 Å². The Morgan fingerprint density at radius 3 is 2.59 bits per heavy atom. The molecule has 3 rings (SSSR count). The molecule has 1 amide bonds. The van der Waals surface area contributed by atoms with E-state index in [4.69, 9.17) is 0 Å².